The number of piperazine rings is 1. The zero-order valence-electron chi connectivity index (χ0n) is 15.5. The number of urea groups is 1. The monoisotopic (exact) mass is 378 g/mol. The van der Waals surface area contributed by atoms with E-state index in [1.165, 1.54) is 5.56 Å². The molecule has 26 heavy (non-hydrogen) atoms. The molecular formula is C19H27ClN4O2. The minimum absolute atomic E-state index is 0.0661. The Morgan fingerprint density at radius 2 is 2.00 bits per heavy atom. The average Bonchev–Trinajstić information content (AvgIpc) is 2.97. The topological polar surface area (TPSA) is 55.9 Å². The van der Waals surface area contributed by atoms with Crippen LogP contribution in [-0.2, 0) is 4.79 Å². The first-order valence-electron chi connectivity index (χ1n) is 9.32. The fraction of sp³-hybridized carbons (Fsp3) is 0.579. The number of likely N-dealkylation sites (tertiary alicyclic amines) is 1. The van der Waals surface area contributed by atoms with Gasteiger partial charge in [-0.05, 0) is 31.0 Å². The van der Waals surface area contributed by atoms with Crippen LogP contribution in [0.4, 0.5) is 10.5 Å². The highest BCUT2D eigenvalue weighted by molar-refractivity contribution is 6.30. The van der Waals surface area contributed by atoms with Gasteiger partial charge in [-0.3, -0.25) is 4.79 Å². The minimum Gasteiger partial charge on any atom is -0.368 e. The van der Waals surface area contributed by atoms with E-state index in [-0.39, 0.29) is 18.0 Å². The molecule has 2 aliphatic rings. The predicted molar refractivity (Wildman–Crippen MR) is 104 cm³/mol. The van der Waals surface area contributed by atoms with Crippen LogP contribution >= 0.6 is 11.6 Å². The van der Waals surface area contributed by atoms with E-state index >= 15 is 0 Å². The van der Waals surface area contributed by atoms with Crippen molar-refractivity contribution in [2.24, 2.45) is 0 Å². The maximum Gasteiger partial charge on any atom is 0.317 e. The fourth-order valence-corrected chi connectivity index (χ4v) is 3.86. The van der Waals surface area contributed by atoms with Gasteiger partial charge >= 0.3 is 6.03 Å². The molecule has 1 aromatic rings. The molecule has 0 bridgehead atoms. The number of halogens is 1. The summed E-state index contributed by atoms with van der Waals surface area (Å²) in [7, 11) is 0. The van der Waals surface area contributed by atoms with E-state index in [4.69, 9.17) is 11.6 Å². The highest BCUT2D eigenvalue weighted by atomic mass is 35.5. The molecule has 1 aromatic carbocycles. The van der Waals surface area contributed by atoms with Crippen LogP contribution in [0.2, 0.25) is 5.02 Å². The van der Waals surface area contributed by atoms with Crippen LogP contribution < -0.4 is 10.2 Å². The van der Waals surface area contributed by atoms with Gasteiger partial charge in [0.05, 0.1) is 6.04 Å². The molecule has 6 nitrogen and oxygen atoms in total. The van der Waals surface area contributed by atoms with Gasteiger partial charge < -0.3 is 20.0 Å². The Hall–Kier alpha value is -1.95. The lowest BCUT2D eigenvalue weighted by Gasteiger charge is -2.37. The number of nitrogens with zero attached hydrogens (tertiary/aromatic N) is 3. The van der Waals surface area contributed by atoms with Crippen LogP contribution in [0.3, 0.4) is 0 Å². The summed E-state index contributed by atoms with van der Waals surface area (Å²) in [5, 5.41) is 3.76. The lowest BCUT2D eigenvalue weighted by Crippen LogP contribution is -2.54. The SMILES string of the molecule is CCCN1C[C@@H](NC(=O)N2CCN(c3cc(Cl)ccc3C)CC2)CC1=O. The number of aryl methyl sites for hydroxylation is 1. The highest BCUT2D eigenvalue weighted by Gasteiger charge is 2.31. The van der Waals surface area contributed by atoms with Gasteiger partial charge in [0.25, 0.3) is 0 Å². The summed E-state index contributed by atoms with van der Waals surface area (Å²) in [6.45, 7) is 8.40. The molecule has 0 unspecified atom stereocenters. The van der Waals surface area contributed by atoms with Crippen molar-refractivity contribution in [2.75, 3.05) is 44.2 Å². The smallest absolute Gasteiger partial charge is 0.317 e. The summed E-state index contributed by atoms with van der Waals surface area (Å²) < 4.78 is 0. The van der Waals surface area contributed by atoms with Crippen LogP contribution in [0.15, 0.2) is 18.2 Å². The molecule has 0 saturated carbocycles. The molecule has 142 valence electrons. The number of nitrogens with one attached hydrogen (secondary N) is 1. The lowest BCUT2D eigenvalue weighted by molar-refractivity contribution is -0.127. The Bertz CT molecular complexity index is 674. The van der Waals surface area contributed by atoms with Gasteiger partial charge in [-0.1, -0.05) is 24.6 Å². The summed E-state index contributed by atoms with van der Waals surface area (Å²) in [4.78, 5) is 30.4. The Balaban J connectivity index is 1.51. The first-order valence-corrected chi connectivity index (χ1v) is 9.70. The lowest BCUT2D eigenvalue weighted by atomic mass is 10.1. The molecule has 3 rings (SSSR count). The summed E-state index contributed by atoms with van der Waals surface area (Å²) in [5.74, 6) is 0.137. The molecule has 0 spiro atoms. The first-order chi connectivity index (χ1) is 12.5. The molecule has 0 aromatic heterocycles. The number of benzene rings is 1. The molecule has 7 heteroatoms. The number of hydrogen-bond acceptors (Lipinski definition) is 3. The summed E-state index contributed by atoms with van der Waals surface area (Å²) in [6, 6.07) is 5.77. The van der Waals surface area contributed by atoms with Crippen molar-refractivity contribution in [3.63, 3.8) is 0 Å². The van der Waals surface area contributed by atoms with E-state index in [2.05, 4.69) is 24.1 Å². The second-order valence-electron chi connectivity index (χ2n) is 7.10. The number of amides is 3. The average molecular weight is 379 g/mol. The van der Waals surface area contributed by atoms with Gasteiger partial charge in [-0.25, -0.2) is 4.79 Å². The van der Waals surface area contributed by atoms with Crippen molar-refractivity contribution in [3.05, 3.63) is 28.8 Å². The third kappa shape index (κ3) is 4.23. The number of rotatable bonds is 4. The van der Waals surface area contributed by atoms with Crippen LogP contribution in [0.1, 0.15) is 25.3 Å². The maximum absolute atomic E-state index is 12.5. The largest absolute Gasteiger partial charge is 0.368 e. The van der Waals surface area contributed by atoms with Crippen LogP contribution in [-0.4, -0.2) is 67.0 Å². The van der Waals surface area contributed by atoms with E-state index in [1.807, 2.05) is 28.0 Å². The molecule has 2 aliphatic heterocycles. The van der Waals surface area contributed by atoms with Crippen LogP contribution in [0, 0.1) is 6.92 Å². The molecule has 3 amide bonds. The van der Waals surface area contributed by atoms with E-state index < -0.39 is 0 Å². The predicted octanol–water partition coefficient (Wildman–Crippen LogP) is 2.49. The van der Waals surface area contributed by atoms with Gasteiger partial charge in [0.2, 0.25) is 5.91 Å². The molecule has 0 aliphatic carbocycles. The quantitative estimate of drug-likeness (QED) is 0.875. The molecular weight excluding hydrogens is 352 g/mol. The third-order valence-electron chi connectivity index (χ3n) is 5.11. The van der Waals surface area contributed by atoms with E-state index in [0.29, 0.717) is 26.1 Å². The Morgan fingerprint density at radius 1 is 1.27 bits per heavy atom. The van der Waals surface area contributed by atoms with Gasteiger partial charge in [0, 0.05) is 56.4 Å². The number of carbonyl (C=O) groups excluding carboxylic acids is 2. The highest BCUT2D eigenvalue weighted by Crippen LogP contribution is 2.25. The zero-order chi connectivity index (χ0) is 18.7. The summed E-state index contributed by atoms with van der Waals surface area (Å²) in [6.07, 6.45) is 1.35. The van der Waals surface area contributed by atoms with E-state index in [9.17, 15) is 9.59 Å². The number of hydrogen-bond donors (Lipinski definition) is 1. The molecule has 2 heterocycles. The van der Waals surface area contributed by atoms with Crippen LogP contribution in [0.5, 0.6) is 0 Å². The molecule has 0 radical (unpaired) electrons. The molecule has 1 atom stereocenters. The van der Waals surface area contributed by atoms with Crippen molar-refractivity contribution in [3.8, 4) is 0 Å². The van der Waals surface area contributed by atoms with Crippen molar-refractivity contribution in [2.45, 2.75) is 32.7 Å². The maximum atomic E-state index is 12.5. The van der Waals surface area contributed by atoms with Gasteiger partial charge in [-0.2, -0.15) is 0 Å². The zero-order valence-corrected chi connectivity index (χ0v) is 16.3. The Morgan fingerprint density at radius 3 is 2.69 bits per heavy atom. The normalized spacial score (nSPS) is 20.7. The fourth-order valence-electron chi connectivity index (χ4n) is 3.69. The molecule has 2 saturated heterocycles. The minimum atomic E-state index is -0.0743. The number of carbonyl (C=O) groups is 2. The number of anilines is 1. The van der Waals surface area contributed by atoms with E-state index in [0.717, 1.165) is 36.8 Å². The van der Waals surface area contributed by atoms with Crippen molar-refractivity contribution in [1.82, 2.24) is 15.1 Å². The first kappa shape index (κ1) is 18.8. The van der Waals surface area contributed by atoms with Crippen molar-refractivity contribution in [1.29, 1.82) is 0 Å². The summed E-state index contributed by atoms with van der Waals surface area (Å²) >= 11 is 6.12. The molecule has 2 fully saturated rings. The third-order valence-corrected chi connectivity index (χ3v) is 5.35. The Kier molecular flexibility index (Phi) is 5.91. The standard InChI is InChI=1S/C19H27ClN4O2/c1-3-6-24-13-16(12-18(24)25)21-19(26)23-9-7-22(8-10-23)17-11-15(20)5-4-14(17)2/h4-5,11,16H,3,6-10,12-13H2,1-2H3,(H,21,26)/t16-/m0/s1. The second-order valence-corrected chi connectivity index (χ2v) is 7.53. The van der Waals surface area contributed by atoms with Gasteiger partial charge in [0.15, 0.2) is 0 Å². The second kappa shape index (κ2) is 8.16. The van der Waals surface area contributed by atoms with Crippen molar-refractivity contribution < 1.29 is 9.59 Å². The van der Waals surface area contributed by atoms with E-state index in [1.54, 1.807) is 0 Å². The Labute approximate surface area is 160 Å². The van der Waals surface area contributed by atoms with Crippen molar-refractivity contribution >= 4 is 29.2 Å². The van der Waals surface area contributed by atoms with Crippen LogP contribution in [0.25, 0.3) is 0 Å². The van der Waals surface area contributed by atoms with Gasteiger partial charge in [0.1, 0.15) is 0 Å². The molecule has 1 N–H and O–H groups in total. The summed E-state index contributed by atoms with van der Waals surface area (Å²) in [5.41, 5.74) is 2.32. The van der Waals surface area contributed by atoms with Gasteiger partial charge in [-0.15, -0.1) is 0 Å².